The summed E-state index contributed by atoms with van der Waals surface area (Å²) in [6.07, 6.45) is 1.14. The predicted octanol–water partition coefficient (Wildman–Crippen LogP) is 2.81. The lowest BCUT2D eigenvalue weighted by molar-refractivity contribution is 0.298. The zero-order chi connectivity index (χ0) is 12.6. The molecule has 94 valence electrons. The zero-order valence-corrected chi connectivity index (χ0v) is 11.4. The van der Waals surface area contributed by atoms with Crippen molar-refractivity contribution >= 4 is 5.69 Å². The van der Waals surface area contributed by atoms with Gasteiger partial charge in [0.1, 0.15) is 0 Å². The summed E-state index contributed by atoms with van der Waals surface area (Å²) in [4.78, 5) is 2.52. The molecule has 1 aliphatic heterocycles. The highest BCUT2D eigenvalue weighted by atomic mass is 15.2. The van der Waals surface area contributed by atoms with Gasteiger partial charge in [0.2, 0.25) is 0 Å². The molecule has 1 heterocycles. The molecule has 0 bridgehead atoms. The Labute approximate surface area is 105 Å². The maximum atomic E-state index is 6.02. The van der Waals surface area contributed by atoms with Gasteiger partial charge in [0.05, 0.1) is 0 Å². The molecule has 1 aromatic rings. The van der Waals surface area contributed by atoms with Crippen molar-refractivity contribution in [3.05, 3.63) is 29.8 Å². The van der Waals surface area contributed by atoms with Gasteiger partial charge >= 0.3 is 0 Å². The highest BCUT2D eigenvalue weighted by molar-refractivity contribution is 5.60. The third kappa shape index (κ3) is 2.19. The van der Waals surface area contributed by atoms with Crippen LogP contribution in [0.15, 0.2) is 24.3 Å². The number of benzene rings is 1. The first-order valence-electron chi connectivity index (χ1n) is 6.51. The Bertz CT molecular complexity index is 392. The van der Waals surface area contributed by atoms with E-state index < -0.39 is 0 Å². The van der Waals surface area contributed by atoms with E-state index in [1.54, 1.807) is 0 Å². The largest absolute Gasteiger partial charge is 0.363 e. The summed E-state index contributed by atoms with van der Waals surface area (Å²) in [5, 5.41) is 0. The predicted molar refractivity (Wildman–Crippen MR) is 74.4 cm³/mol. The van der Waals surface area contributed by atoms with Crippen LogP contribution >= 0.6 is 0 Å². The number of nitrogens with zero attached hydrogens (tertiary/aromatic N) is 1. The van der Waals surface area contributed by atoms with Crippen molar-refractivity contribution in [1.82, 2.24) is 0 Å². The number of hydrogen-bond donors (Lipinski definition) is 1. The molecule has 2 atom stereocenters. The molecule has 2 N–H and O–H groups in total. The van der Waals surface area contributed by atoms with E-state index in [-0.39, 0.29) is 5.41 Å². The Kier molecular flexibility index (Phi) is 3.17. The molecule has 0 aliphatic carbocycles. The van der Waals surface area contributed by atoms with E-state index in [0.29, 0.717) is 18.6 Å². The van der Waals surface area contributed by atoms with E-state index in [1.165, 1.54) is 11.3 Å². The van der Waals surface area contributed by atoms with Crippen LogP contribution in [0.1, 0.15) is 33.3 Å². The van der Waals surface area contributed by atoms with E-state index >= 15 is 0 Å². The van der Waals surface area contributed by atoms with Crippen LogP contribution in [0.2, 0.25) is 0 Å². The number of hydrogen-bond acceptors (Lipinski definition) is 2. The van der Waals surface area contributed by atoms with E-state index in [2.05, 4.69) is 56.9 Å². The molecule has 0 radical (unpaired) electrons. The Morgan fingerprint density at radius 2 is 2.00 bits per heavy atom. The van der Waals surface area contributed by atoms with Crippen molar-refractivity contribution in [2.24, 2.45) is 11.1 Å². The third-order valence-corrected chi connectivity index (χ3v) is 3.82. The molecule has 2 heteroatoms. The fourth-order valence-electron chi connectivity index (χ4n) is 2.95. The monoisotopic (exact) mass is 232 g/mol. The van der Waals surface area contributed by atoms with Crippen LogP contribution < -0.4 is 10.6 Å². The second-order valence-electron chi connectivity index (χ2n) is 6.21. The first kappa shape index (κ1) is 12.4. The van der Waals surface area contributed by atoms with Crippen molar-refractivity contribution in [2.75, 3.05) is 11.4 Å². The van der Waals surface area contributed by atoms with Gasteiger partial charge in [-0.1, -0.05) is 39.0 Å². The molecule has 1 aromatic carbocycles. The van der Waals surface area contributed by atoms with Crippen LogP contribution in [0.4, 0.5) is 5.69 Å². The van der Waals surface area contributed by atoms with E-state index in [0.717, 1.165) is 6.42 Å². The molecule has 0 fully saturated rings. The van der Waals surface area contributed by atoms with Crippen LogP contribution in [0, 0.1) is 5.41 Å². The first-order valence-corrected chi connectivity index (χ1v) is 6.51. The quantitative estimate of drug-likeness (QED) is 0.849. The van der Waals surface area contributed by atoms with Gasteiger partial charge in [-0.3, -0.25) is 0 Å². The summed E-state index contributed by atoms with van der Waals surface area (Å²) in [5.41, 5.74) is 9.07. The van der Waals surface area contributed by atoms with Crippen LogP contribution in [0.5, 0.6) is 0 Å². The van der Waals surface area contributed by atoms with Crippen molar-refractivity contribution in [2.45, 2.75) is 46.2 Å². The maximum absolute atomic E-state index is 6.02. The standard InChI is InChI=1S/C15H24N2/c1-11-9-12-7-5-6-8-13(12)17(11)14(10-16)15(2,3)4/h5-8,11,14H,9-10,16H2,1-4H3. The van der Waals surface area contributed by atoms with E-state index in [1.807, 2.05) is 0 Å². The molecule has 0 saturated carbocycles. The molecule has 2 nitrogen and oxygen atoms in total. The van der Waals surface area contributed by atoms with Crippen molar-refractivity contribution in [3.8, 4) is 0 Å². The van der Waals surface area contributed by atoms with Gasteiger partial charge < -0.3 is 10.6 Å². The Hall–Kier alpha value is -1.02. The fourth-order valence-corrected chi connectivity index (χ4v) is 2.95. The number of fused-ring (bicyclic) bond motifs is 1. The second-order valence-corrected chi connectivity index (χ2v) is 6.21. The summed E-state index contributed by atoms with van der Waals surface area (Å²) >= 11 is 0. The lowest BCUT2D eigenvalue weighted by Crippen LogP contribution is -2.51. The lowest BCUT2D eigenvalue weighted by Gasteiger charge is -2.41. The number of nitrogens with two attached hydrogens (primary N) is 1. The minimum absolute atomic E-state index is 0.209. The van der Waals surface area contributed by atoms with Gasteiger partial charge in [-0.2, -0.15) is 0 Å². The van der Waals surface area contributed by atoms with Crippen molar-refractivity contribution < 1.29 is 0 Å². The molecule has 2 unspecified atom stereocenters. The summed E-state index contributed by atoms with van der Waals surface area (Å²) in [6, 6.07) is 9.68. The Balaban J connectivity index is 2.38. The molecule has 2 rings (SSSR count). The first-order chi connectivity index (χ1) is 7.95. The Morgan fingerprint density at radius 3 is 2.59 bits per heavy atom. The van der Waals surface area contributed by atoms with Gasteiger partial charge in [-0.05, 0) is 30.4 Å². The van der Waals surface area contributed by atoms with Crippen LogP contribution in [0.3, 0.4) is 0 Å². The molecule has 1 aliphatic rings. The minimum Gasteiger partial charge on any atom is -0.363 e. The lowest BCUT2D eigenvalue weighted by atomic mass is 9.85. The fraction of sp³-hybridized carbons (Fsp3) is 0.600. The van der Waals surface area contributed by atoms with Crippen molar-refractivity contribution in [1.29, 1.82) is 0 Å². The molecule has 0 spiro atoms. The van der Waals surface area contributed by atoms with Gasteiger partial charge in [-0.25, -0.2) is 0 Å². The third-order valence-electron chi connectivity index (χ3n) is 3.82. The van der Waals surface area contributed by atoms with E-state index in [4.69, 9.17) is 5.73 Å². The second kappa shape index (κ2) is 4.34. The number of rotatable bonds is 2. The molecule has 0 saturated heterocycles. The van der Waals surface area contributed by atoms with Crippen molar-refractivity contribution in [3.63, 3.8) is 0 Å². The highest BCUT2D eigenvalue weighted by Crippen LogP contribution is 2.37. The maximum Gasteiger partial charge on any atom is 0.0463 e. The minimum atomic E-state index is 0.209. The number of para-hydroxylation sites is 1. The topological polar surface area (TPSA) is 29.3 Å². The highest BCUT2D eigenvalue weighted by Gasteiger charge is 2.36. The van der Waals surface area contributed by atoms with Crippen LogP contribution in [-0.2, 0) is 6.42 Å². The van der Waals surface area contributed by atoms with Crippen LogP contribution in [-0.4, -0.2) is 18.6 Å². The van der Waals surface area contributed by atoms with Crippen LogP contribution in [0.25, 0.3) is 0 Å². The average Bonchev–Trinajstić information content (AvgIpc) is 2.55. The number of anilines is 1. The molecular weight excluding hydrogens is 208 g/mol. The summed E-state index contributed by atoms with van der Waals surface area (Å²) < 4.78 is 0. The zero-order valence-electron chi connectivity index (χ0n) is 11.4. The average molecular weight is 232 g/mol. The SMILES string of the molecule is CC1Cc2ccccc2N1C(CN)C(C)(C)C. The van der Waals surface area contributed by atoms with E-state index in [9.17, 15) is 0 Å². The van der Waals surface area contributed by atoms with Gasteiger partial charge in [-0.15, -0.1) is 0 Å². The molecule has 0 aromatic heterocycles. The van der Waals surface area contributed by atoms with Gasteiger partial charge in [0, 0.05) is 24.3 Å². The normalized spacial score (nSPS) is 21.5. The van der Waals surface area contributed by atoms with Gasteiger partial charge in [0.15, 0.2) is 0 Å². The smallest absolute Gasteiger partial charge is 0.0463 e. The van der Waals surface area contributed by atoms with Gasteiger partial charge in [0.25, 0.3) is 0 Å². The summed E-state index contributed by atoms with van der Waals surface area (Å²) in [5.74, 6) is 0. The Morgan fingerprint density at radius 1 is 1.35 bits per heavy atom. The molecule has 0 amide bonds. The molecule has 17 heavy (non-hydrogen) atoms. The summed E-state index contributed by atoms with van der Waals surface area (Å²) in [6.45, 7) is 9.84. The molecular formula is C15H24N2. The summed E-state index contributed by atoms with van der Waals surface area (Å²) in [7, 11) is 0.